The van der Waals surface area contributed by atoms with Crippen molar-refractivity contribution >= 4 is 27.5 Å². The average molecular weight is 412 g/mol. The second-order valence-electron chi connectivity index (χ2n) is 7.65. The van der Waals surface area contributed by atoms with E-state index in [2.05, 4.69) is 0 Å². The summed E-state index contributed by atoms with van der Waals surface area (Å²) in [5.74, 6) is -1.16. The zero-order chi connectivity index (χ0) is 21.9. The molecule has 0 aliphatic heterocycles. The van der Waals surface area contributed by atoms with Gasteiger partial charge in [-0.15, -0.1) is 0 Å². The second kappa shape index (κ2) is 6.74. The van der Waals surface area contributed by atoms with Gasteiger partial charge in [0, 0.05) is 50.2 Å². The Labute approximate surface area is 175 Å². The summed E-state index contributed by atoms with van der Waals surface area (Å²) in [7, 11) is 0. The molecule has 0 heterocycles. The molecule has 0 aromatic heterocycles. The molecule has 152 valence electrons. The molecule has 0 amide bonds. The third-order valence-electron chi connectivity index (χ3n) is 5.93. The van der Waals surface area contributed by atoms with Crippen molar-refractivity contribution in [2.75, 3.05) is 0 Å². The van der Waals surface area contributed by atoms with Crippen molar-refractivity contribution in [3.8, 4) is 28.0 Å². The molecule has 3 aliphatic rings. The summed E-state index contributed by atoms with van der Waals surface area (Å²) in [5, 5.41) is 21.2. The largest absolute Gasteiger partial charge is 0.507 e. The Balaban J connectivity index is 2.03. The first-order chi connectivity index (χ1) is 14.9. The number of phenolic OH excluding ortho intramolecular Hbond substituents is 1. The Morgan fingerprint density at radius 3 is 1.68 bits per heavy atom. The van der Waals surface area contributed by atoms with Crippen molar-refractivity contribution in [3.63, 3.8) is 0 Å². The molecule has 31 heavy (non-hydrogen) atoms. The van der Waals surface area contributed by atoms with Crippen LogP contribution in [0.25, 0.3) is 43.8 Å². The van der Waals surface area contributed by atoms with Crippen LogP contribution in [0.4, 0.5) is 0 Å². The Bertz CT molecular complexity index is 1600. The normalized spacial score (nSPS) is 11.7. The van der Waals surface area contributed by atoms with Crippen LogP contribution in [0.2, 0.25) is 0 Å². The molecule has 0 saturated carbocycles. The van der Waals surface area contributed by atoms with Crippen molar-refractivity contribution < 1.29 is 15.0 Å². The fourth-order valence-corrected chi connectivity index (χ4v) is 4.61. The van der Waals surface area contributed by atoms with Crippen molar-refractivity contribution in [1.29, 1.82) is 0 Å². The van der Waals surface area contributed by atoms with Gasteiger partial charge in [0.25, 0.3) is 0 Å². The SMILES string of the molecule is O=C(O)CCCc1c2c(O)c3ccccc3c(=O)c-2c2c(=O)c3ccccc3c(=O)c1-2. The molecular weight excluding hydrogens is 396 g/mol. The highest BCUT2D eigenvalue weighted by molar-refractivity contribution is 6.09. The van der Waals surface area contributed by atoms with E-state index in [0.717, 1.165) is 0 Å². The lowest BCUT2D eigenvalue weighted by Gasteiger charge is -2.09. The molecule has 2 N–H and O–H groups in total. The molecule has 6 heteroatoms. The lowest BCUT2D eigenvalue weighted by atomic mass is 9.95. The summed E-state index contributed by atoms with van der Waals surface area (Å²) in [6, 6.07) is 13.0. The molecule has 3 aliphatic carbocycles. The Kier molecular flexibility index (Phi) is 4.12. The number of fused-ring (bicyclic) bond motifs is 5. The number of phenols is 1. The van der Waals surface area contributed by atoms with Crippen molar-refractivity contribution in [3.05, 3.63) is 84.8 Å². The van der Waals surface area contributed by atoms with Crippen LogP contribution in [0.1, 0.15) is 18.4 Å². The molecule has 0 atom stereocenters. The molecule has 0 fully saturated rings. The monoisotopic (exact) mass is 412 g/mol. The van der Waals surface area contributed by atoms with Gasteiger partial charge in [-0.1, -0.05) is 48.5 Å². The summed E-state index contributed by atoms with van der Waals surface area (Å²) < 4.78 is 0. The van der Waals surface area contributed by atoms with Gasteiger partial charge < -0.3 is 10.2 Å². The van der Waals surface area contributed by atoms with Gasteiger partial charge in [-0.3, -0.25) is 19.2 Å². The van der Waals surface area contributed by atoms with Gasteiger partial charge in [-0.25, -0.2) is 0 Å². The topological polar surface area (TPSA) is 109 Å². The van der Waals surface area contributed by atoms with E-state index in [1.54, 1.807) is 48.5 Å². The smallest absolute Gasteiger partial charge is 0.303 e. The number of aliphatic carboxylic acids is 1. The van der Waals surface area contributed by atoms with Crippen LogP contribution in [-0.4, -0.2) is 16.2 Å². The maximum Gasteiger partial charge on any atom is 0.303 e. The summed E-state index contributed by atoms with van der Waals surface area (Å²) in [5.41, 5.74) is -0.579. The van der Waals surface area contributed by atoms with E-state index < -0.39 is 22.3 Å². The van der Waals surface area contributed by atoms with Crippen LogP contribution in [0.3, 0.4) is 0 Å². The van der Waals surface area contributed by atoms with E-state index >= 15 is 0 Å². The van der Waals surface area contributed by atoms with Gasteiger partial charge >= 0.3 is 5.97 Å². The van der Waals surface area contributed by atoms with Crippen LogP contribution in [-0.2, 0) is 11.2 Å². The van der Waals surface area contributed by atoms with Crippen molar-refractivity contribution in [1.82, 2.24) is 0 Å². The van der Waals surface area contributed by atoms with Crippen LogP contribution >= 0.6 is 0 Å². The molecular formula is C25H16O6. The third kappa shape index (κ3) is 2.58. The number of carbonyl (C=O) groups is 1. The van der Waals surface area contributed by atoms with E-state index in [1.807, 2.05) is 0 Å². The van der Waals surface area contributed by atoms with E-state index in [0.29, 0.717) is 10.9 Å². The second-order valence-corrected chi connectivity index (χ2v) is 7.65. The summed E-state index contributed by atoms with van der Waals surface area (Å²) in [4.78, 5) is 51.2. The number of aromatic hydroxyl groups is 1. The zero-order valence-electron chi connectivity index (χ0n) is 16.3. The fraction of sp³-hybridized carbons (Fsp3) is 0.120. The maximum atomic E-state index is 13.4. The van der Waals surface area contributed by atoms with Crippen LogP contribution in [0.5, 0.6) is 5.75 Å². The van der Waals surface area contributed by atoms with Crippen LogP contribution in [0.15, 0.2) is 62.9 Å². The van der Waals surface area contributed by atoms with Crippen molar-refractivity contribution in [2.24, 2.45) is 0 Å². The molecule has 5 rings (SSSR count). The molecule has 0 unspecified atom stereocenters. The molecule has 0 radical (unpaired) electrons. The molecule has 2 aromatic rings. The van der Waals surface area contributed by atoms with Gasteiger partial charge in [-0.2, -0.15) is 0 Å². The third-order valence-corrected chi connectivity index (χ3v) is 5.93. The summed E-state index contributed by atoms with van der Waals surface area (Å²) in [6.45, 7) is 0. The van der Waals surface area contributed by atoms with Crippen LogP contribution in [0, 0.1) is 0 Å². The number of benzene rings is 4. The van der Waals surface area contributed by atoms with E-state index in [9.17, 15) is 24.3 Å². The minimum atomic E-state index is -0.989. The Morgan fingerprint density at radius 2 is 1.13 bits per heavy atom. The summed E-state index contributed by atoms with van der Waals surface area (Å²) >= 11 is 0. The maximum absolute atomic E-state index is 13.4. The predicted octanol–water partition coefficient (Wildman–Crippen LogP) is 3.27. The van der Waals surface area contributed by atoms with Gasteiger partial charge in [0.1, 0.15) is 5.75 Å². The lowest BCUT2D eigenvalue weighted by Crippen LogP contribution is -2.18. The van der Waals surface area contributed by atoms with Gasteiger partial charge in [0.05, 0.1) is 0 Å². The highest BCUT2D eigenvalue weighted by Gasteiger charge is 2.34. The first-order valence-electron chi connectivity index (χ1n) is 9.88. The first kappa shape index (κ1) is 18.9. The van der Waals surface area contributed by atoms with E-state index in [-0.39, 0.29) is 63.4 Å². The van der Waals surface area contributed by atoms with Crippen LogP contribution < -0.4 is 16.3 Å². The summed E-state index contributed by atoms with van der Waals surface area (Å²) in [6.07, 6.45) is 0.202. The van der Waals surface area contributed by atoms with Gasteiger partial charge in [-0.05, 0) is 18.4 Å². The number of hydrogen-bond acceptors (Lipinski definition) is 5. The number of carboxylic acid groups (broad SMARTS) is 1. The highest BCUT2D eigenvalue weighted by atomic mass is 16.4. The number of carboxylic acids is 1. The quantitative estimate of drug-likeness (QED) is 0.469. The highest BCUT2D eigenvalue weighted by Crippen LogP contribution is 2.47. The van der Waals surface area contributed by atoms with E-state index in [1.165, 1.54) is 0 Å². The minimum Gasteiger partial charge on any atom is -0.507 e. The zero-order valence-corrected chi connectivity index (χ0v) is 16.3. The Morgan fingerprint density at radius 1 is 0.677 bits per heavy atom. The van der Waals surface area contributed by atoms with Crippen molar-refractivity contribution in [2.45, 2.75) is 19.3 Å². The lowest BCUT2D eigenvalue weighted by molar-refractivity contribution is -0.137. The van der Waals surface area contributed by atoms with Gasteiger partial charge in [0.15, 0.2) is 16.3 Å². The number of rotatable bonds is 4. The number of hydrogen-bond donors (Lipinski definition) is 2. The average Bonchev–Trinajstić information content (AvgIpc) is 3.11. The fourth-order valence-electron chi connectivity index (χ4n) is 4.61. The van der Waals surface area contributed by atoms with E-state index in [4.69, 9.17) is 5.11 Å². The molecule has 0 saturated heterocycles. The van der Waals surface area contributed by atoms with Gasteiger partial charge in [0.2, 0.25) is 0 Å². The molecule has 2 aromatic carbocycles. The molecule has 0 spiro atoms. The predicted molar refractivity (Wildman–Crippen MR) is 118 cm³/mol. The molecule has 6 nitrogen and oxygen atoms in total. The molecule has 0 bridgehead atoms. The standard InChI is InChI=1S/C25H16O6/c26-17(27)11-5-10-16-18-20(24(30)14-8-3-1-6-12(14)22(18)28)21-19(16)23(29)13-7-2-4-9-15(13)25(21)31/h1-4,6-9,28H,5,10-11H2,(H,26,27). The Hall–Kier alpha value is -4.06. The first-order valence-corrected chi connectivity index (χ1v) is 9.88. The minimum absolute atomic E-state index is 0.00933.